The van der Waals surface area contributed by atoms with Crippen LogP contribution in [0.4, 0.5) is 0 Å². The molecule has 18 aliphatic rings. The van der Waals surface area contributed by atoms with Gasteiger partial charge in [-0.15, -0.1) is 0 Å². The molecule has 3 spiro atoms. The Kier molecular flexibility index (Phi) is 21.9. The SMILES string of the molecule is C.C.CC1=C2C[C@H]3[C@@H](CC[C@@H]4CNC(=O)CC[C@@]43C)[C@@H]2CC[C@@]2(C1)O[C@@H]1C[C@H](C)CN(S(C)(=O)=O)[C@H]1[C@H]2C.CC1=C2C[C@H]3[C@@H](CC[C@@H]4CNC(=O)CC[C@@]43C)[C@@H]2CC[C@@]2(C1)O[C@@H]1C[C@H](C)CN(S(C)(=O)=O)[C@H]1[C@H]2C.CC1=C2C[C@H]3[C@@H](CC[C@@H]4CNC(=O)CC[C@@]43C)[C@@H]2CC[C@@]2(C1)O[C@@H]1C[C@H](C)CN[C@H]1[C@H]2C. The summed E-state index contributed by atoms with van der Waals surface area (Å²) < 4.78 is 75.6. The molecule has 4 N–H and O–H groups in total. The average Bonchev–Trinajstić information content (AvgIpc) is 1.57. The van der Waals surface area contributed by atoms with E-state index in [0.717, 1.165) is 133 Å². The lowest BCUT2D eigenvalue weighted by Crippen LogP contribution is -2.53. The number of nitrogens with zero attached hydrogens (tertiary/aromatic N) is 2. The van der Waals surface area contributed by atoms with Gasteiger partial charge in [-0.25, -0.2) is 16.8 Å². The fourth-order valence-corrected chi connectivity index (χ4v) is 32.2. The number of nitrogens with one attached hydrogen (secondary N) is 4. The molecule has 0 aromatic rings. The summed E-state index contributed by atoms with van der Waals surface area (Å²) in [6, 6.07) is 0.468. The highest BCUT2D eigenvalue weighted by atomic mass is 32.2. The van der Waals surface area contributed by atoms with Crippen LogP contribution in [-0.2, 0) is 48.6 Å². The third-order valence-corrected chi connectivity index (χ3v) is 37.9. The summed E-state index contributed by atoms with van der Waals surface area (Å²) in [7, 11) is -6.54. The van der Waals surface area contributed by atoms with Gasteiger partial charge < -0.3 is 35.5 Å². The monoisotopic (exact) mass is 1510 g/mol. The number of carbonyl (C=O) groups excluding carboxylic acids is 3. The fourth-order valence-electron chi connectivity index (χ4n) is 29.7. The summed E-state index contributed by atoms with van der Waals surface area (Å²) in [5.41, 5.74) is 10.2. The number of ether oxygens (including phenoxy) is 3. The number of piperidine rings is 3. The average molecular weight is 1510 g/mol. The van der Waals surface area contributed by atoms with Crippen LogP contribution in [0.5, 0.6) is 0 Å². The molecule has 0 radical (unpaired) electrons. The molecule has 6 saturated carbocycles. The van der Waals surface area contributed by atoms with Gasteiger partial charge in [0.05, 0.1) is 59.7 Å². The summed E-state index contributed by atoms with van der Waals surface area (Å²) in [5, 5.41) is 13.5. The van der Waals surface area contributed by atoms with Gasteiger partial charge in [0.2, 0.25) is 37.8 Å². The Morgan fingerprint density at radius 1 is 0.415 bits per heavy atom. The molecule has 16 nitrogen and oxygen atoms in total. The Hall–Kier alpha value is -2.71. The predicted octanol–water partition coefficient (Wildman–Crippen LogP) is 15.1. The molecule has 0 bridgehead atoms. The van der Waals surface area contributed by atoms with Gasteiger partial charge in [-0.05, 0) is 286 Å². The van der Waals surface area contributed by atoms with E-state index in [-0.39, 0.29) is 96.3 Å². The van der Waals surface area contributed by atoms with Crippen molar-refractivity contribution in [2.24, 2.45) is 123 Å². The lowest BCUT2D eigenvalue weighted by atomic mass is 9.55. The van der Waals surface area contributed by atoms with Crippen LogP contribution in [-0.4, -0.2) is 148 Å². The highest BCUT2D eigenvalue weighted by Gasteiger charge is 2.65. The molecule has 15 fully saturated rings. The maximum absolute atomic E-state index is 12.8. The van der Waals surface area contributed by atoms with E-state index >= 15 is 0 Å². The highest BCUT2D eigenvalue weighted by molar-refractivity contribution is 7.88. The molecule has 0 aromatic heterocycles. The molecule has 30 atom stereocenters. The number of hydrogen-bond donors (Lipinski definition) is 4. The Morgan fingerprint density at radius 2 is 0.736 bits per heavy atom. The molecule has 3 amide bonds. The summed E-state index contributed by atoms with van der Waals surface area (Å²) in [6.45, 7) is 33.3. The zero-order valence-corrected chi connectivity index (χ0v) is 68.1. The Balaban J connectivity index is 0.000000133. The van der Waals surface area contributed by atoms with E-state index < -0.39 is 20.0 Å². The van der Waals surface area contributed by atoms with Gasteiger partial charge in [-0.3, -0.25) is 14.4 Å². The number of sulfonamides is 2. The molecule has 0 unspecified atom stereocenters. The number of amides is 3. The van der Waals surface area contributed by atoms with Gasteiger partial charge in [0.25, 0.3) is 0 Å². The first-order chi connectivity index (χ1) is 49.2. The molecule has 9 aliphatic carbocycles. The number of carbonyl (C=O) groups is 3. The van der Waals surface area contributed by atoms with Gasteiger partial charge in [0.1, 0.15) is 0 Å². The third kappa shape index (κ3) is 13.3. The van der Waals surface area contributed by atoms with Crippen LogP contribution >= 0.6 is 0 Å². The highest BCUT2D eigenvalue weighted by Crippen LogP contribution is 2.68. The summed E-state index contributed by atoms with van der Waals surface area (Å²) in [6.07, 6.45) is 32.8. The largest absolute Gasteiger partial charge is 0.369 e. The first-order valence-corrected chi connectivity index (χ1v) is 46.4. The number of rotatable bonds is 2. The van der Waals surface area contributed by atoms with E-state index in [2.05, 4.69) is 104 Å². The standard InChI is InChI=1S/2C29H46N2O4S.C28H44N2O2.2CH4/c2*1-17-12-25-27(31(16-17)36(5,33)34)19(3)29(35-25)11-8-21-22-7-6-20-15-30-26(32)9-10-28(20,4)24(22)13-23(21)18(2)14-29;1-16-11-24-26(30-14-16)18(3)28(32-24)10-7-20-21-6-5-19-15-29-25(31)8-9-27(19,4)23(21)12-22(20)17(2)13-28;;/h2*17,19-22,24-25,27H,6-16H2,1-5H3,(H,30,32);16,18-21,23-24,26,30H,5-15H2,1-4H3,(H,29,31);2*1H4/t2*17-,19+,20+,21-,22-,24-,25+,27-,28-,29-;16-,18+,19+,20-,21-,23-,24+,26-,27-,28-;;/m000../s1. The molecule has 598 valence electrons. The molecule has 0 aromatic carbocycles. The van der Waals surface area contributed by atoms with Crippen LogP contribution in [0, 0.1) is 123 Å². The second-order valence-corrected chi connectivity index (χ2v) is 44.6. The minimum atomic E-state index is -3.27. The van der Waals surface area contributed by atoms with E-state index in [4.69, 9.17) is 14.2 Å². The van der Waals surface area contributed by atoms with Gasteiger partial charge in [0.15, 0.2) is 0 Å². The first-order valence-electron chi connectivity index (χ1n) is 42.7. The van der Waals surface area contributed by atoms with Crippen LogP contribution < -0.4 is 21.3 Å². The maximum atomic E-state index is 12.8. The van der Waals surface area contributed by atoms with Crippen molar-refractivity contribution in [2.75, 3.05) is 51.8 Å². The van der Waals surface area contributed by atoms with Crippen LogP contribution in [0.25, 0.3) is 0 Å². The van der Waals surface area contributed by atoms with Crippen molar-refractivity contribution in [1.82, 2.24) is 29.9 Å². The second kappa shape index (κ2) is 29.0. The molecule has 9 saturated heterocycles. The number of fused-ring (bicyclic) bond motifs is 18. The van der Waals surface area contributed by atoms with E-state index in [9.17, 15) is 31.2 Å². The van der Waals surface area contributed by atoms with Crippen molar-refractivity contribution in [2.45, 2.75) is 325 Å². The zero-order valence-electron chi connectivity index (χ0n) is 66.5. The van der Waals surface area contributed by atoms with Gasteiger partial charge in [-0.2, -0.15) is 8.61 Å². The maximum Gasteiger partial charge on any atom is 0.220 e. The Morgan fingerprint density at radius 3 is 1.08 bits per heavy atom. The lowest BCUT2D eigenvalue weighted by molar-refractivity contribution is -0.121. The summed E-state index contributed by atoms with van der Waals surface area (Å²) >= 11 is 0. The Labute approximate surface area is 641 Å². The van der Waals surface area contributed by atoms with E-state index in [1.54, 1.807) is 30.9 Å². The van der Waals surface area contributed by atoms with Crippen molar-refractivity contribution in [1.29, 1.82) is 0 Å². The Bertz CT molecular complexity index is 3540. The van der Waals surface area contributed by atoms with Crippen LogP contribution in [0.2, 0.25) is 0 Å². The zero-order chi connectivity index (χ0) is 73.5. The predicted molar refractivity (Wildman–Crippen MR) is 422 cm³/mol. The van der Waals surface area contributed by atoms with Gasteiger partial charge in [0, 0.05) is 75.8 Å². The topological polar surface area (TPSA) is 202 Å². The van der Waals surface area contributed by atoms with Gasteiger partial charge in [-0.1, -0.05) is 111 Å². The molecular formula is C88H144N6O10S2. The van der Waals surface area contributed by atoms with Crippen molar-refractivity contribution < 1.29 is 45.4 Å². The summed E-state index contributed by atoms with van der Waals surface area (Å²) in [4.78, 5) is 36.6. The molecular weight excluding hydrogens is 1370 g/mol. The quantitative estimate of drug-likeness (QED) is 0.192. The number of hydrogen-bond acceptors (Lipinski definition) is 11. The van der Waals surface area contributed by atoms with Crippen molar-refractivity contribution >= 4 is 37.8 Å². The van der Waals surface area contributed by atoms with Crippen molar-refractivity contribution in [3.63, 3.8) is 0 Å². The lowest BCUT2D eigenvalue weighted by Gasteiger charge is -2.49. The normalized spacial score (nSPS) is 49.7. The van der Waals surface area contributed by atoms with Crippen molar-refractivity contribution in [3.05, 3.63) is 33.4 Å². The molecule has 9 heterocycles. The summed E-state index contributed by atoms with van der Waals surface area (Å²) in [5.74, 6) is 11.4. The fraction of sp³-hybridized carbons (Fsp3) is 0.898. The van der Waals surface area contributed by atoms with Crippen molar-refractivity contribution in [3.8, 4) is 0 Å². The van der Waals surface area contributed by atoms with E-state index in [1.807, 2.05) is 0 Å². The molecule has 18 heteroatoms. The minimum Gasteiger partial charge on any atom is -0.369 e. The number of allylic oxidation sites excluding steroid dienone is 3. The van der Waals surface area contributed by atoms with E-state index in [0.29, 0.717) is 115 Å². The van der Waals surface area contributed by atoms with Crippen LogP contribution in [0.1, 0.15) is 271 Å². The minimum absolute atomic E-state index is 0. The third-order valence-electron chi connectivity index (χ3n) is 35.4. The van der Waals surface area contributed by atoms with Gasteiger partial charge >= 0.3 is 0 Å². The molecule has 18 rings (SSSR count). The van der Waals surface area contributed by atoms with Crippen LogP contribution in [0.15, 0.2) is 33.4 Å². The second-order valence-electron chi connectivity index (χ2n) is 40.7. The van der Waals surface area contributed by atoms with E-state index in [1.165, 1.54) is 101 Å². The smallest absolute Gasteiger partial charge is 0.220 e. The molecule has 9 aliphatic heterocycles. The first kappa shape index (κ1) is 79.9. The van der Waals surface area contributed by atoms with Crippen LogP contribution in [0.3, 0.4) is 0 Å². The molecule has 106 heavy (non-hydrogen) atoms.